The zero-order valence-electron chi connectivity index (χ0n) is 12.8. The number of nitrogens with zero attached hydrogens (tertiary/aromatic N) is 1. The third-order valence-electron chi connectivity index (χ3n) is 3.90. The van der Waals surface area contributed by atoms with E-state index in [4.69, 9.17) is 4.74 Å². The average molecular weight is 312 g/mol. The summed E-state index contributed by atoms with van der Waals surface area (Å²) in [5.41, 5.74) is 0. The number of amides is 2. The molecule has 1 saturated heterocycles. The molecule has 2 amide bonds. The number of hydrogen-bond acceptors (Lipinski definition) is 2. The van der Waals surface area contributed by atoms with Gasteiger partial charge in [0, 0.05) is 18.7 Å². The smallest absolute Gasteiger partial charge is 0.317 e. The van der Waals surface area contributed by atoms with Crippen molar-refractivity contribution in [3.8, 4) is 5.75 Å². The summed E-state index contributed by atoms with van der Waals surface area (Å²) in [6, 6.07) is 3.59. The molecule has 0 spiro atoms. The topological polar surface area (TPSA) is 41.6 Å². The molecule has 1 aliphatic heterocycles. The Morgan fingerprint density at radius 1 is 1.36 bits per heavy atom. The highest BCUT2D eigenvalue weighted by Gasteiger charge is 2.24. The van der Waals surface area contributed by atoms with Crippen LogP contribution < -0.4 is 10.1 Å². The van der Waals surface area contributed by atoms with Crippen molar-refractivity contribution in [2.24, 2.45) is 0 Å². The van der Waals surface area contributed by atoms with Crippen LogP contribution in [0.4, 0.5) is 13.6 Å². The second-order valence-corrected chi connectivity index (χ2v) is 5.41. The molecular weight excluding hydrogens is 290 g/mol. The molecule has 1 heterocycles. The van der Waals surface area contributed by atoms with Crippen molar-refractivity contribution in [2.75, 3.05) is 19.7 Å². The molecule has 1 aromatic carbocycles. The van der Waals surface area contributed by atoms with E-state index in [9.17, 15) is 13.6 Å². The number of ether oxygens (including phenoxy) is 1. The summed E-state index contributed by atoms with van der Waals surface area (Å²) in [5.74, 6) is -1.60. The summed E-state index contributed by atoms with van der Waals surface area (Å²) < 4.78 is 31.1. The summed E-state index contributed by atoms with van der Waals surface area (Å²) in [5, 5.41) is 2.81. The first-order valence-electron chi connectivity index (χ1n) is 7.74. The molecule has 1 N–H and O–H groups in total. The molecular formula is C16H22F2N2O2. The van der Waals surface area contributed by atoms with Crippen LogP contribution in [-0.2, 0) is 0 Å². The van der Waals surface area contributed by atoms with E-state index in [2.05, 4.69) is 12.2 Å². The Morgan fingerprint density at radius 3 is 2.91 bits per heavy atom. The maximum atomic E-state index is 13.0. The van der Waals surface area contributed by atoms with E-state index in [0.717, 1.165) is 37.9 Å². The first-order chi connectivity index (χ1) is 10.6. The number of rotatable bonds is 5. The van der Waals surface area contributed by atoms with Gasteiger partial charge in [-0.3, -0.25) is 0 Å². The maximum Gasteiger partial charge on any atom is 0.317 e. The molecule has 2 rings (SSSR count). The normalized spacial score (nSPS) is 18.1. The van der Waals surface area contributed by atoms with Gasteiger partial charge in [-0.1, -0.05) is 6.92 Å². The fourth-order valence-corrected chi connectivity index (χ4v) is 2.69. The SMILES string of the molecule is CCC1CCCCN1C(=O)NCCOc1ccc(F)c(F)c1. The van der Waals surface area contributed by atoms with Gasteiger partial charge in [0.2, 0.25) is 0 Å². The van der Waals surface area contributed by atoms with E-state index < -0.39 is 11.6 Å². The van der Waals surface area contributed by atoms with Crippen LogP contribution in [0.25, 0.3) is 0 Å². The second-order valence-electron chi connectivity index (χ2n) is 5.41. The van der Waals surface area contributed by atoms with Crippen molar-refractivity contribution in [3.63, 3.8) is 0 Å². The number of piperidine rings is 1. The van der Waals surface area contributed by atoms with E-state index in [1.165, 1.54) is 12.5 Å². The fourth-order valence-electron chi connectivity index (χ4n) is 2.69. The third-order valence-corrected chi connectivity index (χ3v) is 3.90. The fraction of sp³-hybridized carbons (Fsp3) is 0.562. The minimum Gasteiger partial charge on any atom is -0.492 e. The molecule has 1 aromatic rings. The number of likely N-dealkylation sites (tertiary alicyclic amines) is 1. The first-order valence-corrected chi connectivity index (χ1v) is 7.74. The number of hydrogen-bond donors (Lipinski definition) is 1. The van der Waals surface area contributed by atoms with Gasteiger partial charge in [-0.2, -0.15) is 0 Å². The third kappa shape index (κ3) is 4.32. The average Bonchev–Trinajstić information content (AvgIpc) is 2.54. The lowest BCUT2D eigenvalue weighted by atomic mass is 10.0. The second kappa shape index (κ2) is 7.96. The Bertz CT molecular complexity index is 511. The van der Waals surface area contributed by atoms with Crippen LogP contribution in [0.5, 0.6) is 5.75 Å². The zero-order valence-corrected chi connectivity index (χ0v) is 12.8. The molecule has 1 aliphatic rings. The van der Waals surface area contributed by atoms with Gasteiger partial charge in [0.1, 0.15) is 12.4 Å². The summed E-state index contributed by atoms with van der Waals surface area (Å²) in [6.45, 7) is 3.41. The van der Waals surface area contributed by atoms with Gasteiger partial charge < -0.3 is 15.0 Å². The van der Waals surface area contributed by atoms with Gasteiger partial charge in [-0.25, -0.2) is 13.6 Å². The van der Waals surface area contributed by atoms with Crippen LogP contribution in [0, 0.1) is 11.6 Å². The lowest BCUT2D eigenvalue weighted by Crippen LogP contribution is -2.49. The Morgan fingerprint density at radius 2 is 2.18 bits per heavy atom. The predicted octanol–water partition coefficient (Wildman–Crippen LogP) is 3.32. The van der Waals surface area contributed by atoms with E-state index in [0.29, 0.717) is 12.6 Å². The van der Waals surface area contributed by atoms with Crippen LogP contribution >= 0.6 is 0 Å². The van der Waals surface area contributed by atoms with Gasteiger partial charge in [0.15, 0.2) is 11.6 Å². The van der Waals surface area contributed by atoms with Gasteiger partial charge in [0.05, 0.1) is 6.54 Å². The lowest BCUT2D eigenvalue weighted by molar-refractivity contribution is 0.147. The number of halogens is 2. The number of urea groups is 1. The number of carbonyl (C=O) groups excluding carboxylic acids is 1. The van der Waals surface area contributed by atoms with Crippen molar-refractivity contribution < 1.29 is 18.3 Å². The molecule has 22 heavy (non-hydrogen) atoms. The zero-order chi connectivity index (χ0) is 15.9. The van der Waals surface area contributed by atoms with E-state index in [1.54, 1.807) is 0 Å². The molecule has 1 atom stereocenters. The Kier molecular flexibility index (Phi) is 5.98. The standard InChI is InChI=1S/C16H22F2N2O2/c1-2-12-5-3-4-9-20(12)16(21)19-8-10-22-13-6-7-14(17)15(18)11-13/h6-7,11-12H,2-5,8-10H2,1H3,(H,19,21). The minimum atomic E-state index is -0.944. The highest BCUT2D eigenvalue weighted by atomic mass is 19.2. The van der Waals surface area contributed by atoms with E-state index in [-0.39, 0.29) is 18.4 Å². The van der Waals surface area contributed by atoms with Crippen LogP contribution in [0.15, 0.2) is 18.2 Å². The quantitative estimate of drug-likeness (QED) is 0.848. The van der Waals surface area contributed by atoms with Crippen LogP contribution in [-0.4, -0.2) is 36.7 Å². The highest BCUT2D eigenvalue weighted by molar-refractivity contribution is 5.74. The molecule has 1 fully saturated rings. The largest absolute Gasteiger partial charge is 0.492 e. The van der Waals surface area contributed by atoms with Crippen molar-refractivity contribution in [1.82, 2.24) is 10.2 Å². The molecule has 0 bridgehead atoms. The Labute approximate surface area is 129 Å². The van der Waals surface area contributed by atoms with E-state index in [1.807, 2.05) is 4.90 Å². The number of carbonyl (C=O) groups is 1. The maximum absolute atomic E-state index is 13.0. The minimum absolute atomic E-state index is 0.0829. The summed E-state index contributed by atoms with van der Waals surface area (Å²) in [7, 11) is 0. The Balaban J connectivity index is 1.73. The molecule has 0 aliphatic carbocycles. The van der Waals surface area contributed by atoms with Gasteiger partial charge in [0.25, 0.3) is 0 Å². The molecule has 122 valence electrons. The number of benzene rings is 1. The monoisotopic (exact) mass is 312 g/mol. The molecule has 0 radical (unpaired) electrons. The Hall–Kier alpha value is -1.85. The van der Waals surface area contributed by atoms with Crippen LogP contribution in [0.3, 0.4) is 0 Å². The van der Waals surface area contributed by atoms with Crippen molar-refractivity contribution in [3.05, 3.63) is 29.8 Å². The van der Waals surface area contributed by atoms with Crippen molar-refractivity contribution >= 4 is 6.03 Å². The summed E-state index contributed by atoms with van der Waals surface area (Å²) >= 11 is 0. The molecule has 6 heteroatoms. The van der Waals surface area contributed by atoms with Crippen LogP contribution in [0.2, 0.25) is 0 Å². The number of nitrogens with one attached hydrogen (secondary N) is 1. The van der Waals surface area contributed by atoms with E-state index >= 15 is 0 Å². The van der Waals surface area contributed by atoms with Gasteiger partial charge in [-0.15, -0.1) is 0 Å². The molecule has 4 nitrogen and oxygen atoms in total. The first kappa shape index (κ1) is 16.5. The molecule has 1 unspecified atom stereocenters. The van der Waals surface area contributed by atoms with Gasteiger partial charge >= 0.3 is 6.03 Å². The van der Waals surface area contributed by atoms with Gasteiger partial charge in [-0.05, 0) is 37.8 Å². The summed E-state index contributed by atoms with van der Waals surface area (Å²) in [4.78, 5) is 14.0. The highest BCUT2D eigenvalue weighted by Crippen LogP contribution is 2.19. The van der Waals surface area contributed by atoms with Crippen LogP contribution in [0.1, 0.15) is 32.6 Å². The van der Waals surface area contributed by atoms with Crippen molar-refractivity contribution in [1.29, 1.82) is 0 Å². The molecule has 0 aromatic heterocycles. The predicted molar refractivity (Wildman–Crippen MR) is 79.9 cm³/mol. The summed E-state index contributed by atoms with van der Waals surface area (Å²) in [6.07, 6.45) is 4.21. The van der Waals surface area contributed by atoms with Crippen molar-refractivity contribution in [2.45, 2.75) is 38.6 Å². The molecule has 0 saturated carbocycles. The lowest BCUT2D eigenvalue weighted by Gasteiger charge is -2.35.